The fraction of sp³-hybridized carbons (Fsp3) is 0.800. The zero-order chi connectivity index (χ0) is 13.7. The third kappa shape index (κ3) is 4.55. The summed E-state index contributed by atoms with van der Waals surface area (Å²) in [5.41, 5.74) is 0.160. The van der Waals surface area contributed by atoms with Crippen LogP contribution >= 0.6 is 11.3 Å². The molecule has 0 saturated heterocycles. The number of aliphatic hydroxyl groups is 1. The molecule has 1 saturated carbocycles. The fourth-order valence-corrected chi connectivity index (χ4v) is 3.74. The van der Waals surface area contributed by atoms with Gasteiger partial charge in [-0.3, -0.25) is 0 Å². The summed E-state index contributed by atoms with van der Waals surface area (Å²) in [5.74, 6) is 0.726. The predicted octanol–water partition coefficient (Wildman–Crippen LogP) is 3.30. The van der Waals surface area contributed by atoms with E-state index in [4.69, 9.17) is 5.11 Å². The Labute approximate surface area is 120 Å². The molecule has 0 spiro atoms. The summed E-state index contributed by atoms with van der Waals surface area (Å²) in [7, 11) is 0. The molecule has 3 nitrogen and oxygen atoms in total. The summed E-state index contributed by atoms with van der Waals surface area (Å²) in [4.78, 5) is 5.92. The molecule has 1 fully saturated rings. The van der Waals surface area contributed by atoms with E-state index in [0.717, 1.165) is 25.4 Å². The molecule has 0 bridgehead atoms. The van der Waals surface area contributed by atoms with Crippen molar-refractivity contribution in [2.75, 3.05) is 13.2 Å². The zero-order valence-electron chi connectivity index (χ0n) is 12.1. The molecule has 1 aliphatic carbocycles. The number of thiazole rings is 1. The molecule has 0 atom stereocenters. The molecule has 1 aromatic heterocycles. The fourth-order valence-electron chi connectivity index (χ4n) is 2.68. The van der Waals surface area contributed by atoms with Crippen LogP contribution in [0.4, 0.5) is 0 Å². The Bertz CT molecular complexity index is 383. The van der Waals surface area contributed by atoms with Crippen LogP contribution in [-0.4, -0.2) is 23.2 Å². The standard InChI is InChI=1S/C15H26N2OS/c1-15(2,7-8-18)11-16-9-13-10-17-14(19-13)12-5-3-4-6-12/h10,12,16,18H,3-9,11H2,1-2H3. The molecule has 0 radical (unpaired) electrons. The first-order valence-electron chi connectivity index (χ1n) is 7.37. The summed E-state index contributed by atoms with van der Waals surface area (Å²) in [5, 5.41) is 13.8. The lowest BCUT2D eigenvalue weighted by Gasteiger charge is -2.23. The smallest absolute Gasteiger partial charge is 0.0959 e. The van der Waals surface area contributed by atoms with Gasteiger partial charge >= 0.3 is 0 Å². The maximum absolute atomic E-state index is 9.01. The molecule has 1 heterocycles. The topological polar surface area (TPSA) is 45.1 Å². The van der Waals surface area contributed by atoms with Crippen LogP contribution in [-0.2, 0) is 6.54 Å². The van der Waals surface area contributed by atoms with Gasteiger partial charge in [-0.15, -0.1) is 11.3 Å². The normalized spacial score (nSPS) is 17.2. The Hall–Kier alpha value is -0.450. The first-order chi connectivity index (χ1) is 9.11. The summed E-state index contributed by atoms with van der Waals surface area (Å²) >= 11 is 1.87. The minimum absolute atomic E-state index is 0.160. The van der Waals surface area contributed by atoms with Crippen molar-refractivity contribution in [1.29, 1.82) is 0 Å². The van der Waals surface area contributed by atoms with Gasteiger partial charge in [0, 0.05) is 36.7 Å². The molecule has 4 heteroatoms. The van der Waals surface area contributed by atoms with Gasteiger partial charge in [0.05, 0.1) is 5.01 Å². The Morgan fingerprint density at radius 2 is 2.16 bits per heavy atom. The zero-order valence-corrected chi connectivity index (χ0v) is 12.9. The van der Waals surface area contributed by atoms with Gasteiger partial charge in [0.2, 0.25) is 0 Å². The van der Waals surface area contributed by atoms with Gasteiger partial charge in [-0.05, 0) is 24.7 Å². The van der Waals surface area contributed by atoms with Crippen LogP contribution in [0.1, 0.15) is 61.8 Å². The monoisotopic (exact) mass is 282 g/mol. The van der Waals surface area contributed by atoms with Crippen molar-refractivity contribution in [2.24, 2.45) is 5.41 Å². The second kappa shape index (κ2) is 6.82. The van der Waals surface area contributed by atoms with Crippen LogP contribution in [0.25, 0.3) is 0 Å². The molecule has 0 aromatic carbocycles. The minimum Gasteiger partial charge on any atom is -0.396 e. The maximum atomic E-state index is 9.01. The lowest BCUT2D eigenvalue weighted by molar-refractivity contribution is 0.207. The molecule has 0 aliphatic heterocycles. The van der Waals surface area contributed by atoms with Gasteiger partial charge in [-0.2, -0.15) is 0 Å². The molecular weight excluding hydrogens is 256 g/mol. The van der Waals surface area contributed by atoms with Crippen molar-refractivity contribution in [3.05, 3.63) is 16.1 Å². The van der Waals surface area contributed by atoms with E-state index in [1.54, 1.807) is 0 Å². The quantitative estimate of drug-likeness (QED) is 0.806. The number of aliphatic hydroxyl groups excluding tert-OH is 1. The van der Waals surface area contributed by atoms with Gasteiger partial charge in [0.1, 0.15) is 0 Å². The molecule has 0 unspecified atom stereocenters. The highest BCUT2D eigenvalue weighted by molar-refractivity contribution is 7.11. The van der Waals surface area contributed by atoms with E-state index in [1.807, 2.05) is 17.5 Å². The molecule has 0 amide bonds. The van der Waals surface area contributed by atoms with Crippen LogP contribution < -0.4 is 5.32 Å². The van der Waals surface area contributed by atoms with Crippen molar-refractivity contribution in [3.63, 3.8) is 0 Å². The number of nitrogens with zero attached hydrogens (tertiary/aromatic N) is 1. The Balaban J connectivity index is 1.77. The molecule has 2 N–H and O–H groups in total. The average molecular weight is 282 g/mol. The molecule has 19 heavy (non-hydrogen) atoms. The largest absolute Gasteiger partial charge is 0.396 e. The van der Waals surface area contributed by atoms with Crippen molar-refractivity contribution in [2.45, 2.75) is 58.4 Å². The van der Waals surface area contributed by atoms with Gasteiger partial charge in [0.15, 0.2) is 0 Å². The number of nitrogens with one attached hydrogen (secondary N) is 1. The number of hydrogen-bond donors (Lipinski definition) is 2. The number of aromatic nitrogens is 1. The Morgan fingerprint density at radius 3 is 2.84 bits per heavy atom. The highest BCUT2D eigenvalue weighted by Crippen LogP contribution is 2.36. The third-order valence-corrected chi connectivity index (χ3v) is 5.13. The van der Waals surface area contributed by atoms with Crippen molar-refractivity contribution in [1.82, 2.24) is 10.3 Å². The first kappa shape index (κ1) is 14.9. The number of rotatable bonds is 7. The van der Waals surface area contributed by atoms with E-state index in [-0.39, 0.29) is 12.0 Å². The van der Waals surface area contributed by atoms with Gasteiger partial charge in [0.25, 0.3) is 0 Å². The maximum Gasteiger partial charge on any atom is 0.0959 e. The average Bonchev–Trinajstić information content (AvgIpc) is 2.98. The van der Waals surface area contributed by atoms with Crippen LogP contribution in [0, 0.1) is 5.41 Å². The lowest BCUT2D eigenvalue weighted by atomic mass is 9.90. The molecule has 2 rings (SSSR count). The highest BCUT2D eigenvalue weighted by Gasteiger charge is 2.20. The molecular formula is C15H26N2OS. The van der Waals surface area contributed by atoms with E-state index in [2.05, 4.69) is 24.1 Å². The SMILES string of the molecule is CC(C)(CCO)CNCc1cnc(C2CCCC2)s1. The van der Waals surface area contributed by atoms with Crippen LogP contribution in [0.5, 0.6) is 0 Å². The summed E-state index contributed by atoms with van der Waals surface area (Å²) < 4.78 is 0. The van der Waals surface area contributed by atoms with E-state index in [1.165, 1.54) is 35.6 Å². The molecule has 1 aliphatic rings. The van der Waals surface area contributed by atoms with E-state index >= 15 is 0 Å². The van der Waals surface area contributed by atoms with Crippen molar-refractivity contribution in [3.8, 4) is 0 Å². The van der Waals surface area contributed by atoms with E-state index < -0.39 is 0 Å². The summed E-state index contributed by atoms with van der Waals surface area (Å²) in [6.07, 6.45) is 8.26. The Morgan fingerprint density at radius 1 is 1.42 bits per heavy atom. The van der Waals surface area contributed by atoms with Crippen LogP contribution in [0.15, 0.2) is 6.20 Å². The molecule has 108 valence electrons. The van der Waals surface area contributed by atoms with Crippen molar-refractivity contribution < 1.29 is 5.11 Å². The van der Waals surface area contributed by atoms with Gasteiger partial charge in [-0.25, -0.2) is 4.98 Å². The first-order valence-corrected chi connectivity index (χ1v) is 8.18. The van der Waals surface area contributed by atoms with Crippen LogP contribution in [0.2, 0.25) is 0 Å². The lowest BCUT2D eigenvalue weighted by Crippen LogP contribution is -2.29. The van der Waals surface area contributed by atoms with E-state index in [0.29, 0.717) is 0 Å². The Kier molecular flexibility index (Phi) is 5.37. The van der Waals surface area contributed by atoms with Gasteiger partial charge in [-0.1, -0.05) is 26.7 Å². The highest BCUT2D eigenvalue weighted by atomic mass is 32.1. The second-order valence-electron chi connectivity index (χ2n) is 6.39. The minimum atomic E-state index is 0.160. The predicted molar refractivity (Wildman–Crippen MR) is 80.5 cm³/mol. The number of hydrogen-bond acceptors (Lipinski definition) is 4. The summed E-state index contributed by atoms with van der Waals surface area (Å²) in [6.45, 7) is 6.48. The summed E-state index contributed by atoms with van der Waals surface area (Å²) in [6, 6.07) is 0. The molecule has 1 aromatic rings. The van der Waals surface area contributed by atoms with Crippen LogP contribution in [0.3, 0.4) is 0 Å². The van der Waals surface area contributed by atoms with Gasteiger partial charge < -0.3 is 10.4 Å². The third-order valence-electron chi connectivity index (χ3n) is 3.97. The second-order valence-corrected chi connectivity index (χ2v) is 7.53. The van der Waals surface area contributed by atoms with E-state index in [9.17, 15) is 0 Å². The van der Waals surface area contributed by atoms with Crippen molar-refractivity contribution >= 4 is 11.3 Å².